The fraction of sp³-hybridized carbons (Fsp3) is 0.545. The van der Waals surface area contributed by atoms with E-state index in [-0.39, 0.29) is 0 Å². The maximum atomic E-state index is 4.22. The lowest BCUT2D eigenvalue weighted by atomic mass is 10.2. The zero-order valence-corrected chi connectivity index (χ0v) is 9.44. The summed E-state index contributed by atoms with van der Waals surface area (Å²) in [6, 6.07) is 0. The number of H-pyrrole nitrogens is 1. The number of hydrogen-bond donors (Lipinski definition) is 2. The summed E-state index contributed by atoms with van der Waals surface area (Å²) in [5.74, 6) is 0.972. The highest BCUT2D eigenvalue weighted by Gasteiger charge is 2.05. The molecule has 3 heteroatoms. The highest BCUT2D eigenvalue weighted by Crippen LogP contribution is 2.14. The van der Waals surface area contributed by atoms with Crippen LogP contribution < -0.4 is 5.32 Å². The van der Waals surface area contributed by atoms with Crippen molar-refractivity contribution in [2.45, 2.75) is 34.1 Å². The van der Waals surface area contributed by atoms with Crippen LogP contribution in [0.25, 0.3) is 0 Å². The number of allylic oxidation sites excluding steroid dienone is 1. The van der Waals surface area contributed by atoms with Crippen molar-refractivity contribution in [3.8, 4) is 0 Å². The Bertz CT molecular complexity index is 319. The summed E-state index contributed by atoms with van der Waals surface area (Å²) in [5, 5.41) is 10.5. The van der Waals surface area contributed by atoms with Crippen molar-refractivity contribution in [1.82, 2.24) is 10.2 Å². The normalized spacial score (nSPS) is 10.0. The number of aromatic amines is 1. The van der Waals surface area contributed by atoms with Gasteiger partial charge in [-0.2, -0.15) is 5.10 Å². The molecule has 0 aliphatic carbocycles. The molecule has 0 aliphatic rings. The van der Waals surface area contributed by atoms with Crippen molar-refractivity contribution in [1.29, 1.82) is 0 Å². The Balaban J connectivity index is 2.59. The summed E-state index contributed by atoms with van der Waals surface area (Å²) in [7, 11) is 0. The van der Waals surface area contributed by atoms with Gasteiger partial charge in [0.05, 0.1) is 0 Å². The molecule has 0 amide bonds. The van der Waals surface area contributed by atoms with Crippen LogP contribution in [-0.2, 0) is 6.42 Å². The van der Waals surface area contributed by atoms with Crippen LogP contribution in [0.2, 0.25) is 0 Å². The highest BCUT2D eigenvalue weighted by molar-refractivity contribution is 5.45. The monoisotopic (exact) mass is 193 g/mol. The molecule has 0 saturated carbocycles. The van der Waals surface area contributed by atoms with Gasteiger partial charge in [0, 0.05) is 17.8 Å². The van der Waals surface area contributed by atoms with Crippen molar-refractivity contribution in [2.24, 2.45) is 0 Å². The van der Waals surface area contributed by atoms with Crippen LogP contribution in [0, 0.1) is 6.92 Å². The maximum Gasteiger partial charge on any atom is 0.151 e. The van der Waals surface area contributed by atoms with E-state index in [0.717, 1.165) is 18.8 Å². The Morgan fingerprint density at radius 3 is 2.71 bits per heavy atom. The van der Waals surface area contributed by atoms with E-state index < -0.39 is 0 Å². The maximum absolute atomic E-state index is 4.22. The lowest BCUT2D eigenvalue weighted by molar-refractivity contribution is 0.968. The number of aromatic nitrogens is 2. The second-order valence-corrected chi connectivity index (χ2v) is 3.69. The molecule has 0 atom stereocenters. The van der Waals surface area contributed by atoms with Crippen LogP contribution >= 0.6 is 0 Å². The van der Waals surface area contributed by atoms with Gasteiger partial charge in [0.1, 0.15) is 0 Å². The fourth-order valence-corrected chi connectivity index (χ4v) is 1.30. The second kappa shape index (κ2) is 4.84. The molecule has 1 aromatic rings. The largest absolute Gasteiger partial charge is 0.365 e. The zero-order valence-electron chi connectivity index (χ0n) is 9.44. The van der Waals surface area contributed by atoms with Gasteiger partial charge in [-0.15, -0.1) is 0 Å². The number of hydrogen-bond acceptors (Lipinski definition) is 2. The second-order valence-electron chi connectivity index (χ2n) is 3.69. The predicted octanol–water partition coefficient (Wildman–Crippen LogP) is 2.66. The first-order chi connectivity index (χ1) is 6.65. The highest BCUT2D eigenvalue weighted by atomic mass is 15.2. The molecule has 0 unspecified atom stereocenters. The molecule has 0 radical (unpaired) electrons. The molecule has 1 rings (SSSR count). The van der Waals surface area contributed by atoms with Crippen LogP contribution in [0.3, 0.4) is 0 Å². The quantitative estimate of drug-likeness (QED) is 0.722. The van der Waals surface area contributed by atoms with Gasteiger partial charge in [-0.3, -0.25) is 5.10 Å². The summed E-state index contributed by atoms with van der Waals surface area (Å²) >= 11 is 0. The summed E-state index contributed by atoms with van der Waals surface area (Å²) < 4.78 is 0. The van der Waals surface area contributed by atoms with E-state index >= 15 is 0 Å². The van der Waals surface area contributed by atoms with Crippen molar-refractivity contribution in [2.75, 3.05) is 11.9 Å². The molecule has 1 aromatic heterocycles. The third kappa shape index (κ3) is 2.62. The number of nitrogens with zero attached hydrogens (tertiary/aromatic N) is 1. The van der Waals surface area contributed by atoms with E-state index in [4.69, 9.17) is 0 Å². The molecule has 0 aliphatic heterocycles. The molecule has 0 bridgehead atoms. The fourth-order valence-electron chi connectivity index (χ4n) is 1.30. The third-order valence-electron chi connectivity index (χ3n) is 2.24. The molecule has 14 heavy (non-hydrogen) atoms. The van der Waals surface area contributed by atoms with Crippen molar-refractivity contribution in [3.05, 3.63) is 22.9 Å². The summed E-state index contributed by atoms with van der Waals surface area (Å²) in [6.07, 6.45) is 3.16. The SMILES string of the molecule is CCc1[nH]nc(NCC=C(C)C)c1C. The smallest absolute Gasteiger partial charge is 0.151 e. The van der Waals surface area contributed by atoms with Crippen LogP contribution in [-0.4, -0.2) is 16.7 Å². The van der Waals surface area contributed by atoms with Gasteiger partial charge in [-0.25, -0.2) is 0 Å². The van der Waals surface area contributed by atoms with Gasteiger partial charge in [0.15, 0.2) is 5.82 Å². The molecule has 2 N–H and O–H groups in total. The minimum absolute atomic E-state index is 0.844. The molecule has 3 nitrogen and oxygen atoms in total. The first-order valence-electron chi connectivity index (χ1n) is 5.06. The zero-order chi connectivity index (χ0) is 10.6. The van der Waals surface area contributed by atoms with E-state index in [2.05, 4.69) is 49.3 Å². The van der Waals surface area contributed by atoms with Gasteiger partial charge in [0.25, 0.3) is 0 Å². The molecular formula is C11H19N3. The number of anilines is 1. The minimum Gasteiger partial charge on any atom is -0.365 e. The topological polar surface area (TPSA) is 40.7 Å². The van der Waals surface area contributed by atoms with E-state index in [1.807, 2.05) is 0 Å². The van der Waals surface area contributed by atoms with Crippen LogP contribution in [0.4, 0.5) is 5.82 Å². The first kappa shape index (κ1) is 10.8. The lowest BCUT2D eigenvalue weighted by Gasteiger charge is -2.00. The Hall–Kier alpha value is -1.25. The summed E-state index contributed by atoms with van der Waals surface area (Å²) in [5.41, 5.74) is 3.76. The Labute approximate surface area is 85.6 Å². The van der Waals surface area contributed by atoms with E-state index in [0.29, 0.717) is 0 Å². The average Bonchev–Trinajstić information content (AvgIpc) is 2.47. The molecule has 0 saturated heterocycles. The van der Waals surface area contributed by atoms with Crippen LogP contribution in [0.1, 0.15) is 32.0 Å². The van der Waals surface area contributed by atoms with Gasteiger partial charge in [-0.05, 0) is 27.2 Å². The van der Waals surface area contributed by atoms with Gasteiger partial charge >= 0.3 is 0 Å². The van der Waals surface area contributed by atoms with Crippen molar-refractivity contribution in [3.63, 3.8) is 0 Å². The number of aryl methyl sites for hydroxylation is 1. The van der Waals surface area contributed by atoms with Gasteiger partial charge in [-0.1, -0.05) is 18.6 Å². The molecule has 78 valence electrons. The van der Waals surface area contributed by atoms with Gasteiger partial charge in [0.2, 0.25) is 0 Å². The number of rotatable bonds is 4. The Morgan fingerprint density at radius 1 is 1.50 bits per heavy atom. The lowest BCUT2D eigenvalue weighted by Crippen LogP contribution is -2.00. The summed E-state index contributed by atoms with van der Waals surface area (Å²) in [4.78, 5) is 0. The average molecular weight is 193 g/mol. The molecular weight excluding hydrogens is 174 g/mol. The van der Waals surface area contributed by atoms with Crippen LogP contribution in [0.15, 0.2) is 11.6 Å². The standard InChI is InChI=1S/C11H19N3/c1-5-10-9(4)11(14-13-10)12-7-6-8(2)3/h6H,5,7H2,1-4H3,(H2,12,13,14). The Kier molecular flexibility index (Phi) is 3.74. The van der Waals surface area contributed by atoms with Crippen LogP contribution in [0.5, 0.6) is 0 Å². The molecule has 0 fully saturated rings. The first-order valence-corrected chi connectivity index (χ1v) is 5.06. The molecule has 0 spiro atoms. The van der Waals surface area contributed by atoms with Crippen molar-refractivity contribution < 1.29 is 0 Å². The summed E-state index contributed by atoms with van der Waals surface area (Å²) in [6.45, 7) is 9.25. The van der Waals surface area contributed by atoms with E-state index in [1.54, 1.807) is 0 Å². The molecule has 0 aromatic carbocycles. The number of nitrogens with one attached hydrogen (secondary N) is 2. The van der Waals surface area contributed by atoms with Crippen molar-refractivity contribution >= 4 is 5.82 Å². The predicted molar refractivity (Wildman–Crippen MR) is 60.6 cm³/mol. The third-order valence-corrected chi connectivity index (χ3v) is 2.24. The molecule has 1 heterocycles. The van der Waals surface area contributed by atoms with Gasteiger partial charge < -0.3 is 5.32 Å². The van der Waals surface area contributed by atoms with E-state index in [1.165, 1.54) is 16.8 Å². The Morgan fingerprint density at radius 2 is 2.21 bits per heavy atom. The minimum atomic E-state index is 0.844. The van der Waals surface area contributed by atoms with E-state index in [9.17, 15) is 0 Å².